The number of halogens is 2. The Morgan fingerprint density at radius 1 is 1.17 bits per heavy atom. The van der Waals surface area contributed by atoms with Gasteiger partial charge in [0.25, 0.3) is 0 Å². The van der Waals surface area contributed by atoms with Crippen molar-refractivity contribution in [3.63, 3.8) is 0 Å². The van der Waals surface area contributed by atoms with Crippen molar-refractivity contribution in [1.29, 1.82) is 0 Å². The maximum Gasteiger partial charge on any atom is 0.508 e. The van der Waals surface area contributed by atoms with Crippen LogP contribution in [0.15, 0.2) is 18.5 Å². The molecule has 4 aromatic rings. The van der Waals surface area contributed by atoms with Crippen LogP contribution in [0.4, 0.5) is 19.4 Å². The first-order valence-corrected chi connectivity index (χ1v) is 16.2. The molecule has 12 nitrogen and oxygen atoms in total. The van der Waals surface area contributed by atoms with E-state index in [0.717, 1.165) is 36.0 Å². The predicted octanol–water partition coefficient (Wildman–Crippen LogP) is 4.67. The zero-order valence-corrected chi connectivity index (χ0v) is 26.5. The van der Waals surface area contributed by atoms with E-state index in [0.29, 0.717) is 61.1 Å². The molecule has 6 bridgehead atoms. The number of pyridine rings is 1. The van der Waals surface area contributed by atoms with Crippen molar-refractivity contribution in [1.82, 2.24) is 30.0 Å². The van der Waals surface area contributed by atoms with Crippen LogP contribution in [0.5, 0.6) is 6.01 Å². The number of carbonyl (C=O) groups is 1. The fourth-order valence-corrected chi connectivity index (χ4v) is 7.88. The Bertz CT molecular complexity index is 1870. The van der Waals surface area contributed by atoms with Gasteiger partial charge in [0.1, 0.15) is 29.8 Å². The molecule has 1 N–H and O–H groups in total. The van der Waals surface area contributed by atoms with Gasteiger partial charge in [0.2, 0.25) is 0 Å². The molecule has 9 rings (SSSR count). The van der Waals surface area contributed by atoms with Gasteiger partial charge in [-0.15, -0.1) is 0 Å². The number of aryl methyl sites for hydroxylation is 1. The van der Waals surface area contributed by atoms with E-state index < -0.39 is 29.3 Å². The first kappa shape index (κ1) is 30.2. The van der Waals surface area contributed by atoms with Crippen molar-refractivity contribution < 1.29 is 32.5 Å². The number of nitrogens with one attached hydrogen (secondary N) is 1. The Hall–Kier alpha value is -4.17. The highest BCUT2D eigenvalue weighted by Crippen LogP contribution is 2.42. The minimum Gasteiger partial charge on any atom is -0.461 e. The average molecular weight is 650 g/mol. The van der Waals surface area contributed by atoms with E-state index in [4.69, 9.17) is 28.9 Å². The maximum absolute atomic E-state index is 17.1. The van der Waals surface area contributed by atoms with Crippen molar-refractivity contribution in [2.45, 2.75) is 63.3 Å². The minimum absolute atomic E-state index is 0.0154. The number of aromatic amines is 1. The lowest BCUT2D eigenvalue weighted by Crippen LogP contribution is -2.46. The van der Waals surface area contributed by atoms with Gasteiger partial charge in [-0.1, -0.05) is 0 Å². The van der Waals surface area contributed by atoms with Crippen molar-refractivity contribution in [3.8, 4) is 17.3 Å². The van der Waals surface area contributed by atoms with E-state index in [1.54, 1.807) is 19.3 Å². The summed E-state index contributed by atoms with van der Waals surface area (Å²) in [6.45, 7) is 6.23. The number of hydrogen-bond donors (Lipinski definition) is 1. The molecule has 0 spiro atoms. The third-order valence-electron chi connectivity index (χ3n) is 10.0. The molecule has 0 unspecified atom stereocenters. The SMILES string of the molecule is Cc1cc2[nH]ncc2c2c1CCCOC(=O)O[C@@]1(C)COCCN(C1)c1nc(OC[C@@]34CCCN3C[C@H](F)C4)nc3c(F)c-2ncc13. The second-order valence-electron chi connectivity index (χ2n) is 13.5. The number of carbonyl (C=O) groups excluding carboxylic acids is 1. The molecule has 3 aromatic heterocycles. The molecule has 0 radical (unpaired) electrons. The van der Waals surface area contributed by atoms with E-state index >= 15 is 4.39 Å². The standard InChI is InChI=1S/C33H37F2N7O5/c1-19-11-24-22(14-37-40-24)25-21(19)5-3-9-45-31(43)47-32(2)16-41(8-10-44-17-32)29-23-13-36-28(25)26(35)27(23)38-30(39-29)46-18-33-6-4-7-42(33)15-20(34)12-33/h11,13-14,20H,3-10,12,15-18H2,1-2H3,(H,37,40)/t20-,32-,33+/m1/s1. The summed E-state index contributed by atoms with van der Waals surface area (Å²) in [5, 5.41) is 8.31. The molecule has 3 atom stereocenters. The van der Waals surface area contributed by atoms with E-state index in [9.17, 15) is 9.18 Å². The number of H-pyrrole nitrogens is 1. The molecule has 248 valence electrons. The number of nitrogens with zero attached hydrogens (tertiary/aromatic N) is 6. The average Bonchev–Trinajstić information content (AvgIpc) is 3.69. The Morgan fingerprint density at radius 2 is 2.06 bits per heavy atom. The summed E-state index contributed by atoms with van der Waals surface area (Å²) >= 11 is 0. The van der Waals surface area contributed by atoms with Crippen LogP contribution in [0, 0.1) is 12.7 Å². The minimum atomic E-state index is -1.09. The molecule has 5 aliphatic heterocycles. The van der Waals surface area contributed by atoms with Gasteiger partial charge in [-0.2, -0.15) is 15.1 Å². The smallest absolute Gasteiger partial charge is 0.461 e. The van der Waals surface area contributed by atoms with Gasteiger partial charge in [-0.25, -0.2) is 13.6 Å². The highest BCUT2D eigenvalue weighted by Gasteiger charge is 2.49. The van der Waals surface area contributed by atoms with Crippen LogP contribution >= 0.6 is 0 Å². The summed E-state index contributed by atoms with van der Waals surface area (Å²) in [7, 11) is 0. The molecular formula is C33H37F2N7O5. The highest BCUT2D eigenvalue weighted by atomic mass is 19.1. The van der Waals surface area contributed by atoms with Crippen LogP contribution in [-0.4, -0.2) is 106 Å². The van der Waals surface area contributed by atoms with Crippen molar-refractivity contribution >= 4 is 33.8 Å². The van der Waals surface area contributed by atoms with Gasteiger partial charge in [0, 0.05) is 36.7 Å². The molecule has 14 heteroatoms. The Kier molecular flexibility index (Phi) is 7.39. The first-order chi connectivity index (χ1) is 22.7. The number of hydrogen-bond acceptors (Lipinski definition) is 11. The third-order valence-corrected chi connectivity index (χ3v) is 10.0. The number of anilines is 1. The molecule has 0 aliphatic carbocycles. The lowest BCUT2D eigenvalue weighted by atomic mass is 9.92. The Balaban J connectivity index is 1.31. The lowest BCUT2D eigenvalue weighted by Gasteiger charge is -2.33. The molecular weight excluding hydrogens is 612 g/mol. The lowest BCUT2D eigenvalue weighted by molar-refractivity contribution is -0.0575. The van der Waals surface area contributed by atoms with E-state index in [1.165, 1.54) is 0 Å². The molecule has 0 amide bonds. The second-order valence-corrected chi connectivity index (χ2v) is 13.5. The van der Waals surface area contributed by atoms with E-state index in [2.05, 4.69) is 20.1 Å². The zero-order valence-electron chi connectivity index (χ0n) is 26.5. The summed E-state index contributed by atoms with van der Waals surface area (Å²) in [6, 6.07) is 1.95. The van der Waals surface area contributed by atoms with Gasteiger partial charge < -0.3 is 23.8 Å². The predicted molar refractivity (Wildman–Crippen MR) is 168 cm³/mol. The van der Waals surface area contributed by atoms with E-state index in [1.807, 2.05) is 17.9 Å². The van der Waals surface area contributed by atoms with Gasteiger partial charge in [-0.3, -0.25) is 15.0 Å². The number of ether oxygens (including phenoxy) is 4. The second kappa shape index (κ2) is 11.5. The van der Waals surface area contributed by atoms with Crippen LogP contribution in [0.3, 0.4) is 0 Å². The number of rotatable bonds is 3. The van der Waals surface area contributed by atoms with Gasteiger partial charge in [-0.05, 0) is 63.3 Å². The van der Waals surface area contributed by atoms with Crippen LogP contribution in [0.25, 0.3) is 33.1 Å². The van der Waals surface area contributed by atoms with Gasteiger partial charge in [0.15, 0.2) is 11.4 Å². The molecule has 3 fully saturated rings. The summed E-state index contributed by atoms with van der Waals surface area (Å²) in [6.07, 6.45) is 4.65. The zero-order chi connectivity index (χ0) is 32.3. The normalized spacial score (nSPS) is 26.8. The largest absolute Gasteiger partial charge is 0.508 e. The maximum atomic E-state index is 17.1. The van der Waals surface area contributed by atoms with Crippen molar-refractivity contribution in [2.75, 3.05) is 57.5 Å². The molecule has 3 saturated heterocycles. The van der Waals surface area contributed by atoms with Crippen molar-refractivity contribution in [3.05, 3.63) is 35.4 Å². The number of fused-ring (bicyclic) bond motifs is 8. The summed E-state index contributed by atoms with van der Waals surface area (Å²) in [5.41, 5.74) is 1.77. The van der Waals surface area contributed by atoms with Crippen LogP contribution in [0.1, 0.15) is 43.7 Å². The topological polar surface area (TPSA) is 128 Å². The first-order valence-electron chi connectivity index (χ1n) is 16.2. The summed E-state index contributed by atoms with van der Waals surface area (Å²) in [5.74, 6) is -0.239. The fraction of sp³-hybridized carbons (Fsp3) is 0.545. The fourth-order valence-electron chi connectivity index (χ4n) is 7.88. The third kappa shape index (κ3) is 5.31. The van der Waals surface area contributed by atoms with Crippen LogP contribution in [-0.2, 0) is 20.6 Å². The molecule has 1 aromatic carbocycles. The monoisotopic (exact) mass is 649 g/mol. The summed E-state index contributed by atoms with van der Waals surface area (Å²) in [4.78, 5) is 31.1. The quantitative estimate of drug-likeness (QED) is 0.311. The number of aromatic nitrogens is 5. The Labute approximate surface area is 269 Å². The van der Waals surface area contributed by atoms with E-state index in [-0.39, 0.29) is 43.6 Å². The van der Waals surface area contributed by atoms with Gasteiger partial charge in [0.05, 0.1) is 49.0 Å². The van der Waals surface area contributed by atoms with Gasteiger partial charge >= 0.3 is 12.2 Å². The molecule has 47 heavy (non-hydrogen) atoms. The molecule has 8 heterocycles. The number of alkyl halides is 1. The highest BCUT2D eigenvalue weighted by molar-refractivity contribution is 5.99. The van der Waals surface area contributed by atoms with Crippen molar-refractivity contribution in [2.24, 2.45) is 0 Å². The number of benzene rings is 1. The Morgan fingerprint density at radius 3 is 2.96 bits per heavy atom. The summed E-state index contributed by atoms with van der Waals surface area (Å²) < 4.78 is 55.1. The van der Waals surface area contributed by atoms with Crippen LogP contribution in [0.2, 0.25) is 0 Å². The van der Waals surface area contributed by atoms with Crippen LogP contribution < -0.4 is 9.64 Å². The molecule has 0 saturated carbocycles. The molecule has 5 aliphatic rings.